The monoisotopic (exact) mass is 178 g/mol. The first kappa shape index (κ1) is 7.30. The van der Waals surface area contributed by atoms with Gasteiger partial charge in [-0.3, -0.25) is 0 Å². The fraction of sp³-hybridized carbons (Fsp3) is 0. The maximum atomic E-state index is 4.20. The van der Waals surface area contributed by atoms with E-state index < -0.39 is 0 Å². The second-order valence-electron chi connectivity index (χ2n) is 2.29. The Balaban J connectivity index is 2.48. The van der Waals surface area contributed by atoms with Gasteiger partial charge in [-0.05, 0) is 17.3 Å². The van der Waals surface area contributed by atoms with Gasteiger partial charge in [0.05, 0.1) is 0 Å². The Bertz CT molecular complexity index is 371. The lowest BCUT2D eigenvalue weighted by atomic mass is 10.2. The summed E-state index contributed by atoms with van der Waals surface area (Å²) < 4.78 is 0. The lowest BCUT2D eigenvalue weighted by Gasteiger charge is -1.93. The number of aromatic nitrogens is 4. The van der Waals surface area contributed by atoms with Crippen molar-refractivity contribution in [2.75, 3.05) is 0 Å². The Morgan fingerprint density at radius 3 is 2.92 bits per heavy atom. The Kier molecular flexibility index (Phi) is 1.79. The third kappa shape index (κ3) is 1.31. The molecule has 1 N–H and O–H groups in total. The largest absolute Gasteiger partial charge is 0.204 e. The van der Waals surface area contributed by atoms with Crippen LogP contribution in [0.15, 0.2) is 29.2 Å². The molecule has 1 aromatic carbocycles. The predicted molar refractivity (Wildman–Crippen MR) is 46.9 cm³/mol. The summed E-state index contributed by atoms with van der Waals surface area (Å²) >= 11 is 4.20. The summed E-state index contributed by atoms with van der Waals surface area (Å²) in [4.78, 5) is 0.886. The number of benzene rings is 1. The van der Waals surface area contributed by atoms with E-state index in [9.17, 15) is 0 Å². The highest BCUT2D eigenvalue weighted by Crippen LogP contribution is 2.16. The van der Waals surface area contributed by atoms with E-state index in [1.165, 1.54) is 0 Å². The third-order valence-electron chi connectivity index (χ3n) is 1.45. The SMILES string of the molecule is Sc1cccc(-c2nn[nH]n2)c1. The zero-order valence-electron chi connectivity index (χ0n) is 6.10. The molecule has 1 aromatic heterocycles. The van der Waals surface area contributed by atoms with Gasteiger partial charge in [-0.2, -0.15) is 5.21 Å². The minimum atomic E-state index is 0.589. The lowest BCUT2D eigenvalue weighted by Crippen LogP contribution is -1.80. The second kappa shape index (κ2) is 2.94. The minimum Gasteiger partial charge on any atom is -0.177 e. The molecule has 5 heteroatoms. The van der Waals surface area contributed by atoms with Crippen molar-refractivity contribution in [3.8, 4) is 11.4 Å². The highest BCUT2D eigenvalue weighted by atomic mass is 32.1. The van der Waals surface area contributed by atoms with Crippen LogP contribution in [-0.4, -0.2) is 20.6 Å². The molecule has 4 nitrogen and oxygen atoms in total. The Morgan fingerprint density at radius 2 is 2.25 bits per heavy atom. The maximum Gasteiger partial charge on any atom is 0.204 e. The molecule has 0 fully saturated rings. The maximum absolute atomic E-state index is 4.20. The fourth-order valence-corrected chi connectivity index (χ4v) is 1.15. The summed E-state index contributed by atoms with van der Waals surface area (Å²) in [5.74, 6) is 0.589. The van der Waals surface area contributed by atoms with Gasteiger partial charge in [0.25, 0.3) is 0 Å². The number of tetrazole rings is 1. The van der Waals surface area contributed by atoms with Crippen molar-refractivity contribution in [1.29, 1.82) is 0 Å². The Morgan fingerprint density at radius 1 is 1.33 bits per heavy atom. The molecule has 0 saturated heterocycles. The standard InChI is InChI=1S/C7H6N4S/c12-6-3-1-2-5(4-6)7-8-10-11-9-7/h1-4,12H,(H,8,9,10,11). The summed E-state index contributed by atoms with van der Waals surface area (Å²) in [7, 11) is 0. The molecule has 0 amide bonds. The predicted octanol–water partition coefficient (Wildman–Crippen LogP) is 1.16. The van der Waals surface area contributed by atoms with Gasteiger partial charge in [0.1, 0.15) is 0 Å². The van der Waals surface area contributed by atoms with Crippen LogP contribution in [0.3, 0.4) is 0 Å². The molecule has 0 aliphatic carbocycles. The van der Waals surface area contributed by atoms with E-state index in [0.29, 0.717) is 5.82 Å². The van der Waals surface area contributed by atoms with Gasteiger partial charge >= 0.3 is 0 Å². The molecule has 0 saturated carbocycles. The summed E-state index contributed by atoms with van der Waals surface area (Å²) in [6, 6.07) is 7.58. The Labute approximate surface area is 74.4 Å². The van der Waals surface area contributed by atoms with E-state index in [4.69, 9.17) is 0 Å². The van der Waals surface area contributed by atoms with Crippen molar-refractivity contribution in [3.05, 3.63) is 24.3 Å². The molecule has 0 aliphatic rings. The topological polar surface area (TPSA) is 54.5 Å². The zero-order valence-corrected chi connectivity index (χ0v) is 6.99. The number of aromatic amines is 1. The molecule has 2 aromatic rings. The van der Waals surface area contributed by atoms with Crippen molar-refractivity contribution < 1.29 is 0 Å². The number of H-pyrrole nitrogens is 1. The van der Waals surface area contributed by atoms with Crippen LogP contribution < -0.4 is 0 Å². The molecule has 0 radical (unpaired) electrons. The number of hydrogen-bond donors (Lipinski definition) is 2. The van der Waals surface area contributed by atoms with Crippen LogP contribution in [0.25, 0.3) is 11.4 Å². The highest BCUT2D eigenvalue weighted by molar-refractivity contribution is 7.80. The molecule has 12 heavy (non-hydrogen) atoms. The average molecular weight is 178 g/mol. The molecule has 1 heterocycles. The van der Waals surface area contributed by atoms with Crippen LogP contribution in [0, 0.1) is 0 Å². The van der Waals surface area contributed by atoms with E-state index in [1.807, 2.05) is 24.3 Å². The first-order valence-electron chi connectivity index (χ1n) is 3.39. The van der Waals surface area contributed by atoms with E-state index in [2.05, 4.69) is 33.3 Å². The second-order valence-corrected chi connectivity index (χ2v) is 2.80. The van der Waals surface area contributed by atoms with Gasteiger partial charge in [-0.1, -0.05) is 12.1 Å². The van der Waals surface area contributed by atoms with E-state index in [0.717, 1.165) is 10.5 Å². The van der Waals surface area contributed by atoms with Crippen molar-refractivity contribution in [3.63, 3.8) is 0 Å². The zero-order chi connectivity index (χ0) is 8.39. The van der Waals surface area contributed by atoms with Crippen LogP contribution in [0.1, 0.15) is 0 Å². The number of nitrogens with one attached hydrogen (secondary N) is 1. The molecule has 60 valence electrons. The van der Waals surface area contributed by atoms with Crippen LogP contribution in [0.2, 0.25) is 0 Å². The molecule has 0 aliphatic heterocycles. The van der Waals surface area contributed by atoms with Gasteiger partial charge in [0.2, 0.25) is 5.82 Å². The number of thiol groups is 1. The van der Waals surface area contributed by atoms with Gasteiger partial charge in [-0.25, -0.2) is 0 Å². The van der Waals surface area contributed by atoms with Crippen LogP contribution in [-0.2, 0) is 0 Å². The molecule has 0 spiro atoms. The first-order valence-corrected chi connectivity index (χ1v) is 3.84. The number of rotatable bonds is 1. The lowest BCUT2D eigenvalue weighted by molar-refractivity contribution is 0.881. The smallest absolute Gasteiger partial charge is 0.177 e. The minimum absolute atomic E-state index is 0.589. The van der Waals surface area contributed by atoms with Crippen molar-refractivity contribution in [1.82, 2.24) is 20.6 Å². The van der Waals surface area contributed by atoms with E-state index >= 15 is 0 Å². The summed E-state index contributed by atoms with van der Waals surface area (Å²) in [5, 5.41) is 13.6. The average Bonchev–Trinajstić information content (AvgIpc) is 2.56. The third-order valence-corrected chi connectivity index (χ3v) is 1.73. The Hall–Kier alpha value is -1.36. The number of hydrogen-bond acceptors (Lipinski definition) is 4. The summed E-state index contributed by atoms with van der Waals surface area (Å²) in [6.07, 6.45) is 0. The van der Waals surface area contributed by atoms with Gasteiger partial charge in [0.15, 0.2) is 0 Å². The van der Waals surface area contributed by atoms with Crippen molar-refractivity contribution >= 4 is 12.6 Å². The summed E-state index contributed by atoms with van der Waals surface area (Å²) in [5.41, 5.74) is 0.913. The van der Waals surface area contributed by atoms with Gasteiger partial charge < -0.3 is 0 Å². The molecular formula is C7H6N4S. The van der Waals surface area contributed by atoms with Crippen molar-refractivity contribution in [2.45, 2.75) is 4.90 Å². The normalized spacial score (nSPS) is 10.1. The summed E-state index contributed by atoms with van der Waals surface area (Å²) in [6.45, 7) is 0. The fourth-order valence-electron chi connectivity index (χ4n) is 0.929. The molecule has 2 rings (SSSR count). The van der Waals surface area contributed by atoms with E-state index in [-0.39, 0.29) is 0 Å². The van der Waals surface area contributed by atoms with Gasteiger partial charge in [-0.15, -0.1) is 22.8 Å². The van der Waals surface area contributed by atoms with Crippen molar-refractivity contribution in [2.24, 2.45) is 0 Å². The van der Waals surface area contributed by atoms with Crippen LogP contribution in [0.4, 0.5) is 0 Å². The molecule has 0 atom stereocenters. The highest BCUT2D eigenvalue weighted by Gasteiger charge is 2.00. The van der Waals surface area contributed by atoms with Gasteiger partial charge in [0, 0.05) is 10.5 Å². The van der Waals surface area contributed by atoms with Crippen LogP contribution >= 0.6 is 12.6 Å². The number of nitrogens with zero attached hydrogens (tertiary/aromatic N) is 3. The van der Waals surface area contributed by atoms with Crippen LogP contribution in [0.5, 0.6) is 0 Å². The molecule has 0 unspecified atom stereocenters. The molecular weight excluding hydrogens is 172 g/mol. The molecule has 0 bridgehead atoms. The van der Waals surface area contributed by atoms with E-state index in [1.54, 1.807) is 0 Å². The first-order chi connectivity index (χ1) is 5.86. The quantitative estimate of drug-likeness (QED) is 0.644.